The summed E-state index contributed by atoms with van der Waals surface area (Å²) in [4.78, 5) is 23.1. The predicted octanol–water partition coefficient (Wildman–Crippen LogP) is 5.21. The van der Waals surface area contributed by atoms with E-state index in [9.17, 15) is 4.79 Å². The van der Waals surface area contributed by atoms with Crippen molar-refractivity contribution in [3.63, 3.8) is 0 Å². The van der Waals surface area contributed by atoms with Crippen LogP contribution >= 0.6 is 35.5 Å². The van der Waals surface area contributed by atoms with Crippen molar-refractivity contribution in [3.8, 4) is 17.2 Å². The van der Waals surface area contributed by atoms with E-state index in [1.165, 1.54) is 11.3 Å². The predicted molar refractivity (Wildman–Crippen MR) is 144 cm³/mol. The van der Waals surface area contributed by atoms with Crippen LogP contribution < -0.4 is 19.1 Å². The Morgan fingerprint density at radius 2 is 1.65 bits per heavy atom. The largest absolute Gasteiger partial charge is 0.497 e. The number of thioether (sulfide) groups is 1. The first-order chi connectivity index (χ1) is 16.0. The van der Waals surface area contributed by atoms with Crippen molar-refractivity contribution >= 4 is 56.8 Å². The molecule has 0 aliphatic rings. The molecule has 0 aliphatic heterocycles. The summed E-state index contributed by atoms with van der Waals surface area (Å²) in [6.07, 6.45) is 1.28. The van der Waals surface area contributed by atoms with Gasteiger partial charge in [-0.3, -0.25) is 9.69 Å². The molecule has 0 bridgehead atoms. The number of fused-ring (bicyclic) bond motifs is 1. The number of nitrogens with zero attached hydrogens (tertiary/aromatic N) is 3. The molecule has 0 radical (unpaired) electrons. The second-order valence-electron chi connectivity index (χ2n) is 7.62. The van der Waals surface area contributed by atoms with Gasteiger partial charge < -0.3 is 19.1 Å². The summed E-state index contributed by atoms with van der Waals surface area (Å²) in [7, 11) is 8.97. The van der Waals surface area contributed by atoms with Gasteiger partial charge in [-0.05, 0) is 63.5 Å². The summed E-state index contributed by atoms with van der Waals surface area (Å²) in [6, 6.07) is 11.6. The van der Waals surface area contributed by atoms with E-state index in [-0.39, 0.29) is 18.3 Å². The maximum atomic E-state index is 13.3. The minimum Gasteiger partial charge on any atom is -0.497 e. The zero-order chi connectivity index (χ0) is 23.8. The summed E-state index contributed by atoms with van der Waals surface area (Å²) < 4.78 is 17.1. The fraction of sp³-hybridized carbons (Fsp3) is 0.417. The lowest BCUT2D eigenvalue weighted by Gasteiger charge is -2.21. The highest BCUT2D eigenvalue weighted by Crippen LogP contribution is 2.40. The van der Waals surface area contributed by atoms with Gasteiger partial charge in [0.25, 0.3) is 0 Å². The van der Waals surface area contributed by atoms with Crippen LogP contribution in [0.2, 0.25) is 0 Å². The summed E-state index contributed by atoms with van der Waals surface area (Å²) in [6.45, 7) is 1.50. The van der Waals surface area contributed by atoms with E-state index in [1.807, 2.05) is 55.4 Å². The molecular formula is C24H32ClN3O4S2. The summed E-state index contributed by atoms with van der Waals surface area (Å²) in [5.41, 5.74) is 0.717. The van der Waals surface area contributed by atoms with E-state index in [0.717, 1.165) is 39.6 Å². The third-order valence-corrected chi connectivity index (χ3v) is 7.17. The first kappa shape index (κ1) is 28.0. The average Bonchev–Trinajstić information content (AvgIpc) is 3.26. The molecule has 34 heavy (non-hydrogen) atoms. The van der Waals surface area contributed by atoms with Crippen LogP contribution in [0.3, 0.4) is 0 Å². The number of aromatic nitrogens is 1. The second-order valence-corrected chi connectivity index (χ2v) is 9.77. The fourth-order valence-electron chi connectivity index (χ4n) is 3.32. The smallest absolute Gasteiger partial charge is 0.229 e. The summed E-state index contributed by atoms with van der Waals surface area (Å²) in [5, 5.41) is 0.672. The number of ether oxygens (including phenoxy) is 3. The molecule has 0 fully saturated rings. The number of anilines is 1. The van der Waals surface area contributed by atoms with Crippen molar-refractivity contribution in [2.75, 3.05) is 59.2 Å². The van der Waals surface area contributed by atoms with Gasteiger partial charge in [0, 0.05) is 23.6 Å². The quantitative estimate of drug-likeness (QED) is 0.301. The highest BCUT2D eigenvalue weighted by atomic mass is 35.5. The average molecular weight is 526 g/mol. The van der Waals surface area contributed by atoms with Crippen LogP contribution in [0.5, 0.6) is 17.2 Å². The number of carbonyl (C=O) groups is 1. The van der Waals surface area contributed by atoms with Crippen molar-refractivity contribution in [3.05, 3.63) is 36.4 Å². The van der Waals surface area contributed by atoms with Gasteiger partial charge in [0.1, 0.15) is 27.5 Å². The van der Waals surface area contributed by atoms with Gasteiger partial charge in [0.2, 0.25) is 5.91 Å². The standard InChI is InChI=1S/C24H31N3O4S2.ClH/c1-26(2)14-6-15-27(21(28)13-16-32-18-9-7-17(29-3)8-10-18)24-25-22-19(30-4)11-12-20(31-5)23(22)33-24;/h7-12H,6,13-16H2,1-5H3;1H. The lowest BCUT2D eigenvalue weighted by atomic mass is 10.3. The normalized spacial score (nSPS) is 10.8. The molecule has 3 rings (SSSR count). The van der Waals surface area contributed by atoms with Gasteiger partial charge in [-0.25, -0.2) is 4.98 Å². The van der Waals surface area contributed by atoms with Crippen molar-refractivity contribution in [2.24, 2.45) is 0 Å². The van der Waals surface area contributed by atoms with Crippen LogP contribution in [0.4, 0.5) is 5.13 Å². The third-order valence-electron chi connectivity index (χ3n) is 5.06. The Bertz CT molecular complexity index is 1020. The molecule has 0 saturated heterocycles. The second kappa shape index (κ2) is 13.6. The molecule has 1 heterocycles. The van der Waals surface area contributed by atoms with Gasteiger partial charge in [0.15, 0.2) is 5.13 Å². The van der Waals surface area contributed by atoms with E-state index in [2.05, 4.69) is 4.90 Å². The van der Waals surface area contributed by atoms with Crippen molar-refractivity contribution in [1.82, 2.24) is 9.88 Å². The number of amides is 1. The van der Waals surface area contributed by atoms with Gasteiger partial charge in [0.05, 0.1) is 21.3 Å². The molecule has 3 aromatic rings. The van der Waals surface area contributed by atoms with Crippen molar-refractivity contribution in [1.29, 1.82) is 0 Å². The van der Waals surface area contributed by atoms with Crippen LogP contribution in [0.15, 0.2) is 41.3 Å². The van der Waals surface area contributed by atoms with Crippen LogP contribution in [-0.4, -0.2) is 70.1 Å². The van der Waals surface area contributed by atoms with Crippen LogP contribution in [-0.2, 0) is 4.79 Å². The molecule has 2 aromatic carbocycles. The number of halogens is 1. The number of methoxy groups -OCH3 is 3. The molecule has 10 heteroatoms. The molecule has 1 amide bonds. The molecular weight excluding hydrogens is 494 g/mol. The highest BCUT2D eigenvalue weighted by Gasteiger charge is 2.22. The van der Waals surface area contributed by atoms with E-state index in [4.69, 9.17) is 19.2 Å². The Kier molecular flexibility index (Phi) is 11.2. The highest BCUT2D eigenvalue weighted by molar-refractivity contribution is 7.99. The first-order valence-corrected chi connectivity index (χ1v) is 12.5. The number of hydrogen-bond acceptors (Lipinski definition) is 8. The molecule has 7 nitrogen and oxygen atoms in total. The van der Waals surface area contributed by atoms with Gasteiger partial charge in [-0.15, -0.1) is 24.2 Å². The molecule has 0 spiro atoms. The van der Waals surface area contributed by atoms with E-state index in [1.54, 1.807) is 33.1 Å². The number of hydrogen-bond donors (Lipinski definition) is 0. The van der Waals surface area contributed by atoms with Crippen molar-refractivity contribution < 1.29 is 19.0 Å². The molecule has 0 atom stereocenters. The lowest BCUT2D eigenvalue weighted by Crippen LogP contribution is -2.33. The zero-order valence-electron chi connectivity index (χ0n) is 20.2. The maximum Gasteiger partial charge on any atom is 0.229 e. The van der Waals surface area contributed by atoms with Crippen molar-refractivity contribution in [2.45, 2.75) is 17.7 Å². The minimum atomic E-state index is 0. The number of thiazole rings is 1. The fourth-order valence-corrected chi connectivity index (χ4v) is 5.28. The number of benzene rings is 2. The Morgan fingerprint density at radius 3 is 2.26 bits per heavy atom. The topological polar surface area (TPSA) is 64.1 Å². The molecule has 1 aromatic heterocycles. The van der Waals surface area contributed by atoms with E-state index in [0.29, 0.717) is 29.6 Å². The molecule has 186 valence electrons. The third kappa shape index (κ3) is 7.15. The summed E-state index contributed by atoms with van der Waals surface area (Å²) in [5.74, 6) is 2.97. The Balaban J connectivity index is 0.00000408. The lowest BCUT2D eigenvalue weighted by molar-refractivity contribution is -0.118. The maximum absolute atomic E-state index is 13.3. The first-order valence-electron chi connectivity index (χ1n) is 10.7. The van der Waals surface area contributed by atoms with Crippen LogP contribution in [0.25, 0.3) is 10.2 Å². The monoisotopic (exact) mass is 525 g/mol. The van der Waals surface area contributed by atoms with Gasteiger partial charge in [-0.1, -0.05) is 11.3 Å². The van der Waals surface area contributed by atoms with Gasteiger partial charge in [-0.2, -0.15) is 0 Å². The van der Waals surface area contributed by atoms with Gasteiger partial charge >= 0.3 is 0 Å². The zero-order valence-corrected chi connectivity index (χ0v) is 22.6. The Morgan fingerprint density at radius 1 is 0.971 bits per heavy atom. The molecule has 0 saturated carbocycles. The van der Waals surface area contributed by atoms with E-state index >= 15 is 0 Å². The number of carbonyl (C=O) groups excluding carboxylic acids is 1. The Labute approximate surface area is 215 Å². The van der Waals surface area contributed by atoms with Crippen LogP contribution in [0, 0.1) is 0 Å². The summed E-state index contributed by atoms with van der Waals surface area (Å²) >= 11 is 3.12. The minimum absolute atomic E-state index is 0. The SMILES string of the molecule is COc1ccc(SCCC(=O)N(CCCN(C)C)c2nc3c(OC)ccc(OC)c3s2)cc1.Cl. The van der Waals surface area contributed by atoms with E-state index < -0.39 is 0 Å². The molecule has 0 unspecified atom stereocenters. The Hall–Kier alpha value is -2.20. The molecule has 0 aliphatic carbocycles. The van der Waals surface area contributed by atoms with Crippen LogP contribution in [0.1, 0.15) is 12.8 Å². The number of rotatable bonds is 12. The molecule has 0 N–H and O–H groups in total.